The van der Waals surface area contributed by atoms with E-state index in [1.807, 2.05) is 4.90 Å². The van der Waals surface area contributed by atoms with Gasteiger partial charge in [0.2, 0.25) is 16.0 Å². The van der Waals surface area contributed by atoms with Gasteiger partial charge in [-0.15, -0.1) is 0 Å². The van der Waals surface area contributed by atoms with Gasteiger partial charge in [-0.1, -0.05) is 24.3 Å². The van der Waals surface area contributed by atoms with Crippen LogP contribution >= 0.6 is 0 Å². The Kier molecular flexibility index (Phi) is 6.81. The Morgan fingerprint density at radius 2 is 1.62 bits per heavy atom. The Bertz CT molecular complexity index is 1160. The van der Waals surface area contributed by atoms with E-state index in [1.165, 1.54) is 15.8 Å². The summed E-state index contributed by atoms with van der Waals surface area (Å²) in [6.45, 7) is 1.63. The molecule has 1 saturated heterocycles. The van der Waals surface area contributed by atoms with Crippen molar-refractivity contribution >= 4 is 16.0 Å². The van der Waals surface area contributed by atoms with Gasteiger partial charge in [0, 0.05) is 73.9 Å². The van der Waals surface area contributed by atoms with Gasteiger partial charge in [-0.25, -0.2) is 32.7 Å². The molecule has 32 heavy (non-hydrogen) atoms. The molecule has 1 aliphatic rings. The lowest BCUT2D eigenvalue weighted by Gasteiger charge is -2.33. The zero-order valence-electron chi connectivity index (χ0n) is 17.4. The molecule has 0 bridgehead atoms. The number of nitrogens with zero attached hydrogens (tertiary/aromatic N) is 6. The lowest BCUT2D eigenvalue weighted by Crippen LogP contribution is -2.48. The van der Waals surface area contributed by atoms with Crippen LogP contribution in [-0.4, -0.2) is 58.8 Å². The minimum atomic E-state index is -3.49. The number of hydrogen-bond acceptors (Lipinski definition) is 7. The van der Waals surface area contributed by atoms with E-state index in [0.29, 0.717) is 61.9 Å². The van der Waals surface area contributed by atoms with Gasteiger partial charge in [0.15, 0.2) is 0 Å². The number of benzene rings is 1. The summed E-state index contributed by atoms with van der Waals surface area (Å²) in [6, 6.07) is 8.21. The zero-order valence-corrected chi connectivity index (χ0v) is 18.2. The van der Waals surface area contributed by atoms with E-state index in [9.17, 15) is 12.8 Å². The molecule has 1 fully saturated rings. The van der Waals surface area contributed by atoms with Crippen LogP contribution in [0.25, 0.3) is 11.1 Å². The molecule has 0 N–H and O–H groups in total. The van der Waals surface area contributed by atoms with Crippen molar-refractivity contribution in [3.63, 3.8) is 0 Å². The molecule has 1 aromatic carbocycles. The molecule has 0 radical (unpaired) electrons. The van der Waals surface area contributed by atoms with E-state index in [0.717, 1.165) is 0 Å². The summed E-state index contributed by atoms with van der Waals surface area (Å²) in [5.74, 6) is 0.858. The third-order valence-corrected chi connectivity index (χ3v) is 6.75. The van der Waals surface area contributed by atoms with Gasteiger partial charge in [-0.05, 0) is 18.6 Å². The van der Waals surface area contributed by atoms with Crippen molar-refractivity contribution in [2.24, 2.45) is 0 Å². The molecule has 0 amide bonds. The quantitative estimate of drug-likeness (QED) is 0.542. The van der Waals surface area contributed by atoms with Crippen molar-refractivity contribution in [3.8, 4) is 11.1 Å². The number of aryl methyl sites for hydroxylation is 1. The molecule has 166 valence electrons. The van der Waals surface area contributed by atoms with E-state index >= 15 is 0 Å². The Morgan fingerprint density at radius 3 is 2.31 bits per heavy atom. The molecule has 0 aliphatic carbocycles. The fraction of sp³-hybridized carbons (Fsp3) is 0.273. The molecule has 3 heterocycles. The third-order valence-electron chi connectivity index (χ3n) is 5.13. The molecule has 4 rings (SSSR count). The van der Waals surface area contributed by atoms with E-state index in [2.05, 4.69) is 19.9 Å². The molecule has 10 heteroatoms. The first kappa shape index (κ1) is 22.0. The summed E-state index contributed by atoms with van der Waals surface area (Å²) in [4.78, 5) is 18.9. The first-order valence-electron chi connectivity index (χ1n) is 10.3. The summed E-state index contributed by atoms with van der Waals surface area (Å²) in [5, 5.41) is 1.26. The number of halogens is 1. The zero-order chi connectivity index (χ0) is 22.4. The van der Waals surface area contributed by atoms with Crippen LogP contribution in [-0.2, 0) is 16.4 Å². The monoisotopic (exact) mass is 454 g/mol. The van der Waals surface area contributed by atoms with Crippen LogP contribution in [0.3, 0.4) is 0 Å². The van der Waals surface area contributed by atoms with Crippen LogP contribution < -0.4 is 4.90 Å². The van der Waals surface area contributed by atoms with Crippen molar-refractivity contribution in [2.75, 3.05) is 31.1 Å². The van der Waals surface area contributed by atoms with Crippen LogP contribution in [0, 0.1) is 5.82 Å². The Labute approximate surface area is 186 Å². The average Bonchev–Trinajstić information content (AvgIpc) is 2.83. The van der Waals surface area contributed by atoms with Crippen LogP contribution in [0.5, 0.6) is 0 Å². The summed E-state index contributed by atoms with van der Waals surface area (Å²) >= 11 is 0. The largest absolute Gasteiger partial charge is 0.338 e. The van der Waals surface area contributed by atoms with Crippen molar-refractivity contribution in [2.45, 2.75) is 12.8 Å². The molecule has 0 saturated carbocycles. The maximum absolute atomic E-state index is 13.9. The van der Waals surface area contributed by atoms with E-state index in [4.69, 9.17) is 0 Å². The molecule has 8 nitrogen and oxygen atoms in total. The topological polar surface area (TPSA) is 92.2 Å². The predicted octanol–water partition coefficient (Wildman–Crippen LogP) is 2.67. The highest BCUT2D eigenvalue weighted by atomic mass is 32.2. The summed E-state index contributed by atoms with van der Waals surface area (Å²) < 4.78 is 40.6. The number of aromatic nitrogens is 4. The maximum Gasteiger partial charge on any atom is 0.236 e. The van der Waals surface area contributed by atoms with Gasteiger partial charge in [0.25, 0.3) is 0 Å². The lowest BCUT2D eigenvalue weighted by atomic mass is 10.1. The molecular weight excluding hydrogens is 431 g/mol. The van der Waals surface area contributed by atoms with Crippen molar-refractivity contribution in [3.05, 3.63) is 78.2 Å². The number of sulfonamides is 1. The minimum Gasteiger partial charge on any atom is -0.338 e. The average molecular weight is 455 g/mol. The Balaban J connectivity index is 1.31. The number of hydrogen-bond donors (Lipinski definition) is 0. The Hall–Kier alpha value is -3.24. The molecule has 3 aromatic rings. The molecule has 0 spiro atoms. The van der Waals surface area contributed by atoms with Crippen molar-refractivity contribution in [1.82, 2.24) is 24.2 Å². The number of piperazine rings is 1. The van der Waals surface area contributed by atoms with E-state index in [1.54, 1.807) is 55.1 Å². The van der Waals surface area contributed by atoms with Gasteiger partial charge in [0.1, 0.15) is 11.6 Å². The van der Waals surface area contributed by atoms with Crippen LogP contribution in [0.2, 0.25) is 0 Å². The second-order valence-corrected chi connectivity index (χ2v) is 9.08. The SMILES string of the molecule is O=S(=O)(C=CCCc1ncccn1)N1CCN(c2ncc(-c3ccccc3F)cn2)CC1. The highest BCUT2D eigenvalue weighted by Gasteiger charge is 2.26. The first-order valence-corrected chi connectivity index (χ1v) is 11.8. The standard InChI is InChI=1S/C22H23FN6O2S/c23-20-7-2-1-6-19(20)18-16-26-22(27-17-18)28-11-13-29(14-12-28)32(30,31)15-4-3-8-21-24-9-5-10-25-21/h1-2,4-7,9-10,15-17H,3,8,11-14H2. The van der Waals surface area contributed by atoms with Crippen LogP contribution in [0.1, 0.15) is 12.2 Å². The summed E-state index contributed by atoms with van der Waals surface area (Å²) in [6.07, 6.45) is 9.28. The van der Waals surface area contributed by atoms with Crippen LogP contribution in [0.4, 0.5) is 10.3 Å². The van der Waals surface area contributed by atoms with Gasteiger partial charge in [-0.2, -0.15) is 4.31 Å². The normalized spacial score (nSPS) is 15.3. The van der Waals surface area contributed by atoms with Gasteiger partial charge >= 0.3 is 0 Å². The van der Waals surface area contributed by atoms with Crippen molar-refractivity contribution < 1.29 is 12.8 Å². The predicted molar refractivity (Wildman–Crippen MR) is 120 cm³/mol. The molecule has 2 aromatic heterocycles. The van der Waals surface area contributed by atoms with Crippen LogP contribution in [0.15, 0.2) is 66.6 Å². The fourth-order valence-electron chi connectivity index (χ4n) is 3.41. The van der Waals surface area contributed by atoms with Gasteiger partial charge in [0.05, 0.1) is 0 Å². The van der Waals surface area contributed by atoms with E-state index < -0.39 is 10.0 Å². The summed E-state index contributed by atoms with van der Waals surface area (Å²) in [7, 11) is -3.49. The third kappa shape index (κ3) is 5.32. The lowest BCUT2D eigenvalue weighted by molar-refractivity contribution is 0.387. The highest BCUT2D eigenvalue weighted by molar-refractivity contribution is 7.92. The molecule has 0 atom stereocenters. The first-order chi connectivity index (χ1) is 15.5. The van der Waals surface area contributed by atoms with Gasteiger partial charge in [-0.3, -0.25) is 0 Å². The number of anilines is 1. The fourth-order valence-corrected chi connectivity index (χ4v) is 4.63. The Morgan fingerprint density at radius 1 is 0.938 bits per heavy atom. The maximum atomic E-state index is 13.9. The minimum absolute atomic E-state index is 0.327. The molecule has 0 unspecified atom stereocenters. The molecular formula is C22H23FN6O2S. The van der Waals surface area contributed by atoms with Crippen molar-refractivity contribution in [1.29, 1.82) is 0 Å². The number of rotatable bonds is 7. The van der Waals surface area contributed by atoms with Gasteiger partial charge < -0.3 is 4.90 Å². The van der Waals surface area contributed by atoms with E-state index in [-0.39, 0.29) is 5.82 Å². The second kappa shape index (κ2) is 9.92. The second-order valence-electron chi connectivity index (χ2n) is 7.26. The summed E-state index contributed by atoms with van der Waals surface area (Å²) in [5.41, 5.74) is 1.04. The molecule has 1 aliphatic heterocycles. The highest BCUT2D eigenvalue weighted by Crippen LogP contribution is 2.22. The smallest absolute Gasteiger partial charge is 0.236 e. The number of allylic oxidation sites excluding steroid dienone is 1.